The SMILES string of the molecule is CCOC(=O)[C@H]1[C@H]2C(=O)N([C@H](CO)c3ccccc3)C(C(=O)NC(C)C)C23CC[C@]1(C)O3. The van der Waals surface area contributed by atoms with Crippen molar-refractivity contribution in [2.45, 2.75) is 69.9 Å². The highest BCUT2D eigenvalue weighted by molar-refractivity contribution is 5.98. The van der Waals surface area contributed by atoms with Crippen LogP contribution in [0.5, 0.6) is 0 Å². The second kappa shape index (κ2) is 8.15. The van der Waals surface area contributed by atoms with Gasteiger partial charge in [-0.15, -0.1) is 0 Å². The van der Waals surface area contributed by atoms with Crippen LogP contribution < -0.4 is 5.32 Å². The Kier molecular flexibility index (Phi) is 5.79. The van der Waals surface area contributed by atoms with Crippen molar-refractivity contribution in [3.8, 4) is 0 Å². The van der Waals surface area contributed by atoms with Crippen LogP contribution in [0.15, 0.2) is 30.3 Å². The van der Waals surface area contributed by atoms with Gasteiger partial charge in [0, 0.05) is 6.04 Å². The number of aliphatic hydroxyl groups excluding tert-OH is 1. The summed E-state index contributed by atoms with van der Waals surface area (Å²) in [5.74, 6) is -2.78. The minimum absolute atomic E-state index is 0.144. The maximum absolute atomic E-state index is 14.0. The van der Waals surface area contributed by atoms with Crippen molar-refractivity contribution in [3.05, 3.63) is 35.9 Å². The van der Waals surface area contributed by atoms with E-state index in [4.69, 9.17) is 9.47 Å². The van der Waals surface area contributed by atoms with E-state index in [1.807, 2.05) is 51.1 Å². The number of nitrogens with one attached hydrogen (secondary N) is 1. The molecular weight excluding hydrogens is 412 g/mol. The van der Waals surface area contributed by atoms with Crippen molar-refractivity contribution in [1.82, 2.24) is 10.2 Å². The summed E-state index contributed by atoms with van der Waals surface area (Å²) in [6.45, 7) is 7.10. The Hall–Kier alpha value is -2.45. The molecule has 32 heavy (non-hydrogen) atoms. The minimum atomic E-state index is -1.13. The van der Waals surface area contributed by atoms with Gasteiger partial charge in [0.2, 0.25) is 11.8 Å². The first-order chi connectivity index (χ1) is 15.2. The van der Waals surface area contributed by atoms with Gasteiger partial charge in [-0.2, -0.15) is 0 Å². The van der Waals surface area contributed by atoms with Crippen LogP contribution in [0.25, 0.3) is 0 Å². The summed E-state index contributed by atoms with van der Waals surface area (Å²) in [6, 6.07) is 7.30. The average molecular weight is 445 g/mol. The highest BCUT2D eigenvalue weighted by Gasteiger charge is 2.78. The molecule has 3 aliphatic rings. The van der Waals surface area contributed by atoms with E-state index in [2.05, 4.69) is 5.32 Å². The van der Waals surface area contributed by atoms with E-state index in [1.165, 1.54) is 4.90 Å². The number of amides is 2. The Balaban J connectivity index is 1.83. The number of aliphatic hydroxyl groups is 1. The number of benzene rings is 1. The molecule has 8 heteroatoms. The topological polar surface area (TPSA) is 105 Å². The Labute approximate surface area is 188 Å². The van der Waals surface area contributed by atoms with Gasteiger partial charge in [0.25, 0.3) is 0 Å². The molecule has 3 heterocycles. The molecule has 8 nitrogen and oxygen atoms in total. The molecule has 2 amide bonds. The first-order valence-corrected chi connectivity index (χ1v) is 11.4. The van der Waals surface area contributed by atoms with Gasteiger partial charge in [0.05, 0.1) is 30.8 Å². The fourth-order valence-electron chi connectivity index (χ4n) is 5.98. The van der Waals surface area contributed by atoms with Gasteiger partial charge < -0.3 is 24.8 Å². The van der Waals surface area contributed by atoms with Gasteiger partial charge in [-0.3, -0.25) is 14.4 Å². The van der Waals surface area contributed by atoms with Crippen LogP contribution in [0.1, 0.15) is 52.1 Å². The molecule has 2 N–H and O–H groups in total. The lowest BCUT2D eigenvalue weighted by atomic mass is 9.66. The standard InChI is InChI=1S/C24H32N2O6/c1-5-31-22(30)18-17-21(29)26(16(13-27)15-9-7-6-8-10-15)19(20(28)25-14(2)3)24(17)12-11-23(18,4)32-24/h6-10,14,16-19,27H,5,11-13H2,1-4H3,(H,25,28)/t16-,17+,18-,19?,23+,24?/m1/s1. The van der Waals surface area contributed by atoms with E-state index in [0.29, 0.717) is 12.8 Å². The van der Waals surface area contributed by atoms with Gasteiger partial charge in [-0.05, 0) is 46.1 Å². The zero-order valence-electron chi connectivity index (χ0n) is 19.0. The van der Waals surface area contributed by atoms with Gasteiger partial charge in [-0.1, -0.05) is 30.3 Å². The van der Waals surface area contributed by atoms with Gasteiger partial charge in [0.15, 0.2) is 0 Å². The van der Waals surface area contributed by atoms with Crippen molar-refractivity contribution >= 4 is 17.8 Å². The van der Waals surface area contributed by atoms with E-state index in [9.17, 15) is 19.5 Å². The summed E-state index contributed by atoms with van der Waals surface area (Å²) in [6.07, 6.45) is 1.03. The maximum Gasteiger partial charge on any atom is 0.312 e. The molecule has 4 rings (SSSR count). The third-order valence-corrected chi connectivity index (χ3v) is 7.13. The molecule has 3 fully saturated rings. The number of likely N-dealkylation sites (tertiary alicyclic amines) is 1. The smallest absolute Gasteiger partial charge is 0.312 e. The Bertz CT molecular complexity index is 905. The first-order valence-electron chi connectivity index (χ1n) is 11.4. The average Bonchev–Trinajstić information content (AvgIpc) is 3.30. The number of fused-ring (bicyclic) bond motifs is 1. The number of carbonyl (C=O) groups excluding carboxylic acids is 3. The highest BCUT2D eigenvalue weighted by Crippen LogP contribution is 2.64. The second-order valence-corrected chi connectivity index (χ2v) is 9.50. The van der Waals surface area contributed by atoms with Crippen LogP contribution in [0, 0.1) is 11.8 Å². The number of carbonyl (C=O) groups is 3. The fourth-order valence-corrected chi connectivity index (χ4v) is 5.98. The summed E-state index contributed by atoms with van der Waals surface area (Å²) >= 11 is 0. The molecule has 6 atom stereocenters. The Morgan fingerprint density at radius 2 is 1.97 bits per heavy atom. The summed E-state index contributed by atoms with van der Waals surface area (Å²) in [5.41, 5.74) is -1.28. The van der Waals surface area contributed by atoms with Crippen LogP contribution in [0.3, 0.4) is 0 Å². The predicted octanol–water partition coefficient (Wildman–Crippen LogP) is 1.57. The molecule has 0 aromatic heterocycles. The largest absolute Gasteiger partial charge is 0.466 e. The summed E-state index contributed by atoms with van der Waals surface area (Å²) < 4.78 is 11.8. The molecule has 0 aliphatic carbocycles. The molecule has 174 valence electrons. The van der Waals surface area contributed by atoms with Crippen LogP contribution in [0.2, 0.25) is 0 Å². The number of ether oxygens (including phenoxy) is 2. The summed E-state index contributed by atoms with van der Waals surface area (Å²) in [5, 5.41) is 13.2. The number of hydrogen-bond acceptors (Lipinski definition) is 6. The first kappa shape index (κ1) is 22.7. The molecule has 1 aromatic carbocycles. The van der Waals surface area contributed by atoms with Crippen LogP contribution in [-0.2, 0) is 23.9 Å². The quantitative estimate of drug-likeness (QED) is 0.619. The van der Waals surface area contributed by atoms with Crippen molar-refractivity contribution < 1.29 is 29.0 Å². The minimum Gasteiger partial charge on any atom is -0.466 e. The lowest BCUT2D eigenvalue weighted by Crippen LogP contribution is -2.57. The molecule has 1 aromatic rings. The summed E-state index contributed by atoms with van der Waals surface area (Å²) in [4.78, 5) is 41.9. The van der Waals surface area contributed by atoms with E-state index in [-0.39, 0.29) is 31.1 Å². The molecule has 2 bridgehead atoms. The predicted molar refractivity (Wildman–Crippen MR) is 115 cm³/mol. The summed E-state index contributed by atoms with van der Waals surface area (Å²) in [7, 11) is 0. The second-order valence-electron chi connectivity index (χ2n) is 9.50. The van der Waals surface area contributed by atoms with Gasteiger partial charge >= 0.3 is 5.97 Å². The molecule has 3 aliphatic heterocycles. The maximum atomic E-state index is 14.0. The third kappa shape index (κ3) is 3.23. The Morgan fingerprint density at radius 1 is 1.28 bits per heavy atom. The molecule has 3 saturated heterocycles. The zero-order chi connectivity index (χ0) is 23.3. The third-order valence-electron chi connectivity index (χ3n) is 7.13. The number of rotatable bonds is 7. The monoisotopic (exact) mass is 444 g/mol. The van der Waals surface area contributed by atoms with E-state index < -0.39 is 41.1 Å². The molecule has 0 saturated carbocycles. The lowest BCUT2D eigenvalue weighted by molar-refractivity contribution is -0.160. The van der Waals surface area contributed by atoms with Gasteiger partial charge in [-0.25, -0.2) is 0 Å². The van der Waals surface area contributed by atoms with Crippen molar-refractivity contribution in [2.75, 3.05) is 13.2 Å². The molecule has 1 spiro atoms. The van der Waals surface area contributed by atoms with Crippen molar-refractivity contribution in [2.24, 2.45) is 11.8 Å². The number of esters is 1. The van der Waals surface area contributed by atoms with Crippen LogP contribution in [-0.4, -0.2) is 64.3 Å². The zero-order valence-corrected chi connectivity index (χ0v) is 19.0. The van der Waals surface area contributed by atoms with Crippen LogP contribution in [0.4, 0.5) is 0 Å². The lowest BCUT2D eigenvalue weighted by Gasteiger charge is -2.37. The van der Waals surface area contributed by atoms with Crippen molar-refractivity contribution in [1.29, 1.82) is 0 Å². The molecule has 0 radical (unpaired) electrons. The van der Waals surface area contributed by atoms with E-state index in [0.717, 1.165) is 5.56 Å². The van der Waals surface area contributed by atoms with Gasteiger partial charge in [0.1, 0.15) is 17.6 Å². The molecule has 2 unspecified atom stereocenters. The number of hydrogen-bond donors (Lipinski definition) is 2. The Morgan fingerprint density at radius 3 is 2.56 bits per heavy atom. The van der Waals surface area contributed by atoms with E-state index in [1.54, 1.807) is 6.92 Å². The highest BCUT2D eigenvalue weighted by atomic mass is 16.6. The van der Waals surface area contributed by atoms with Crippen LogP contribution >= 0.6 is 0 Å². The fraction of sp³-hybridized carbons (Fsp3) is 0.625. The molecular formula is C24H32N2O6. The normalized spacial score (nSPS) is 34.0. The number of nitrogens with zero attached hydrogens (tertiary/aromatic N) is 1. The van der Waals surface area contributed by atoms with Crippen molar-refractivity contribution in [3.63, 3.8) is 0 Å². The van der Waals surface area contributed by atoms with E-state index >= 15 is 0 Å².